The first-order valence-electron chi connectivity index (χ1n) is 6.35. The molecule has 0 fully saturated rings. The predicted molar refractivity (Wildman–Crippen MR) is 74.4 cm³/mol. The highest BCUT2D eigenvalue weighted by Gasteiger charge is 2.13. The minimum absolute atomic E-state index is 0.452. The van der Waals surface area contributed by atoms with Crippen LogP contribution in [0.2, 0.25) is 0 Å². The van der Waals surface area contributed by atoms with E-state index in [2.05, 4.69) is 5.10 Å². The molecule has 0 spiro atoms. The van der Waals surface area contributed by atoms with Crippen molar-refractivity contribution in [2.45, 2.75) is 33.4 Å². The normalized spacial score (nSPS) is 12.5. The minimum Gasteiger partial charge on any atom is -0.497 e. The van der Waals surface area contributed by atoms with Crippen LogP contribution in [0.15, 0.2) is 24.3 Å². The number of aryl methyl sites for hydroxylation is 1. The summed E-state index contributed by atoms with van der Waals surface area (Å²) in [4.78, 5) is 0. The third-order valence-electron chi connectivity index (χ3n) is 3.57. The van der Waals surface area contributed by atoms with E-state index >= 15 is 0 Å². The lowest BCUT2D eigenvalue weighted by atomic mass is 10.1. The fourth-order valence-electron chi connectivity index (χ4n) is 2.08. The maximum atomic E-state index is 10.3. The molecule has 102 valence electrons. The summed E-state index contributed by atoms with van der Waals surface area (Å²) in [6.45, 7) is 6.50. The molecule has 1 N–H and O–H groups in total. The third-order valence-corrected chi connectivity index (χ3v) is 3.57. The Labute approximate surface area is 113 Å². The Balaban J connectivity index is 2.20. The van der Waals surface area contributed by atoms with Gasteiger partial charge in [0.25, 0.3) is 0 Å². The molecule has 4 nitrogen and oxygen atoms in total. The van der Waals surface area contributed by atoms with E-state index in [1.165, 1.54) is 5.56 Å². The zero-order valence-electron chi connectivity index (χ0n) is 11.8. The van der Waals surface area contributed by atoms with Gasteiger partial charge in [0.05, 0.1) is 25.5 Å². The molecule has 0 saturated carbocycles. The average molecular weight is 260 g/mol. The standard InChI is InChI=1S/C15H20N2O2/c1-10-11(2)16-17(12(10)3)9-15(18)13-6-5-7-14(8-13)19-4/h5-8,15,18H,9H2,1-4H3. The number of aliphatic hydroxyl groups is 1. The van der Waals surface area contributed by atoms with E-state index in [0.29, 0.717) is 6.54 Å². The summed E-state index contributed by atoms with van der Waals surface area (Å²) >= 11 is 0. The molecule has 2 rings (SSSR count). The zero-order valence-corrected chi connectivity index (χ0v) is 11.8. The number of aromatic nitrogens is 2. The number of aliphatic hydroxyl groups excluding tert-OH is 1. The van der Waals surface area contributed by atoms with Crippen molar-refractivity contribution in [3.8, 4) is 5.75 Å². The SMILES string of the molecule is COc1cccc(C(O)Cn2nc(C)c(C)c2C)c1. The van der Waals surface area contributed by atoms with Gasteiger partial charge < -0.3 is 9.84 Å². The largest absolute Gasteiger partial charge is 0.497 e. The number of benzene rings is 1. The van der Waals surface area contributed by atoms with Crippen LogP contribution in [-0.2, 0) is 6.54 Å². The summed E-state index contributed by atoms with van der Waals surface area (Å²) in [7, 11) is 1.62. The van der Waals surface area contributed by atoms with Gasteiger partial charge in [0.2, 0.25) is 0 Å². The van der Waals surface area contributed by atoms with Gasteiger partial charge in [-0.05, 0) is 44.0 Å². The van der Waals surface area contributed by atoms with Crippen LogP contribution in [0, 0.1) is 20.8 Å². The molecule has 19 heavy (non-hydrogen) atoms. The molecule has 1 heterocycles. The van der Waals surface area contributed by atoms with Crippen molar-refractivity contribution >= 4 is 0 Å². The summed E-state index contributed by atoms with van der Waals surface area (Å²) in [6.07, 6.45) is -0.590. The Morgan fingerprint density at radius 2 is 2.05 bits per heavy atom. The fraction of sp³-hybridized carbons (Fsp3) is 0.400. The lowest BCUT2D eigenvalue weighted by molar-refractivity contribution is 0.150. The molecule has 1 aromatic carbocycles. The smallest absolute Gasteiger partial charge is 0.119 e. The summed E-state index contributed by atoms with van der Waals surface area (Å²) < 4.78 is 7.02. The van der Waals surface area contributed by atoms with Crippen LogP contribution >= 0.6 is 0 Å². The van der Waals surface area contributed by atoms with Gasteiger partial charge >= 0.3 is 0 Å². The predicted octanol–water partition coefficient (Wildman–Crippen LogP) is 2.55. The molecule has 0 aliphatic rings. The van der Waals surface area contributed by atoms with Crippen molar-refractivity contribution < 1.29 is 9.84 Å². The Kier molecular flexibility index (Phi) is 3.90. The number of ether oxygens (including phenoxy) is 1. The van der Waals surface area contributed by atoms with Crippen molar-refractivity contribution in [3.63, 3.8) is 0 Å². The number of hydrogen-bond acceptors (Lipinski definition) is 3. The molecular weight excluding hydrogens is 240 g/mol. The molecule has 1 aromatic heterocycles. The maximum Gasteiger partial charge on any atom is 0.119 e. The average Bonchev–Trinajstić information content (AvgIpc) is 2.66. The number of hydrogen-bond donors (Lipinski definition) is 1. The minimum atomic E-state index is -0.590. The molecule has 0 bridgehead atoms. The molecule has 0 amide bonds. The van der Waals surface area contributed by atoms with E-state index in [-0.39, 0.29) is 0 Å². The highest BCUT2D eigenvalue weighted by atomic mass is 16.5. The van der Waals surface area contributed by atoms with Gasteiger partial charge in [-0.3, -0.25) is 4.68 Å². The molecule has 1 atom stereocenters. The molecular formula is C15H20N2O2. The van der Waals surface area contributed by atoms with E-state index in [0.717, 1.165) is 22.7 Å². The van der Waals surface area contributed by atoms with Crippen LogP contribution in [0.25, 0.3) is 0 Å². The highest BCUT2D eigenvalue weighted by Crippen LogP contribution is 2.21. The first kappa shape index (κ1) is 13.6. The van der Waals surface area contributed by atoms with Crippen molar-refractivity contribution in [3.05, 3.63) is 46.8 Å². The number of methoxy groups -OCH3 is 1. The van der Waals surface area contributed by atoms with E-state index in [1.54, 1.807) is 7.11 Å². The molecule has 0 radical (unpaired) electrons. The molecule has 0 aliphatic carbocycles. The van der Waals surface area contributed by atoms with E-state index in [4.69, 9.17) is 4.74 Å². The highest BCUT2D eigenvalue weighted by molar-refractivity contribution is 5.30. The van der Waals surface area contributed by atoms with Crippen molar-refractivity contribution in [1.82, 2.24) is 9.78 Å². The maximum absolute atomic E-state index is 10.3. The van der Waals surface area contributed by atoms with Crippen LogP contribution in [0.4, 0.5) is 0 Å². The lowest BCUT2D eigenvalue weighted by Crippen LogP contribution is -2.11. The van der Waals surface area contributed by atoms with Crippen molar-refractivity contribution in [2.75, 3.05) is 7.11 Å². The second-order valence-electron chi connectivity index (χ2n) is 4.77. The fourth-order valence-corrected chi connectivity index (χ4v) is 2.08. The summed E-state index contributed by atoms with van der Waals surface area (Å²) in [5.74, 6) is 0.751. The van der Waals surface area contributed by atoms with Gasteiger partial charge in [0, 0.05) is 5.69 Å². The van der Waals surface area contributed by atoms with Crippen LogP contribution in [0.1, 0.15) is 28.6 Å². The van der Waals surface area contributed by atoms with E-state index < -0.39 is 6.10 Å². The molecule has 4 heteroatoms. The van der Waals surface area contributed by atoms with Gasteiger partial charge in [0.1, 0.15) is 5.75 Å². The lowest BCUT2D eigenvalue weighted by Gasteiger charge is -2.13. The monoisotopic (exact) mass is 260 g/mol. The van der Waals surface area contributed by atoms with E-state index in [9.17, 15) is 5.11 Å². The number of nitrogens with zero attached hydrogens (tertiary/aromatic N) is 2. The topological polar surface area (TPSA) is 47.3 Å². The second kappa shape index (κ2) is 5.45. The molecule has 0 saturated heterocycles. The summed E-state index contributed by atoms with van der Waals surface area (Å²) in [5, 5.41) is 14.7. The van der Waals surface area contributed by atoms with Crippen LogP contribution in [0.5, 0.6) is 5.75 Å². The quantitative estimate of drug-likeness (QED) is 0.919. The number of rotatable bonds is 4. The summed E-state index contributed by atoms with van der Waals surface area (Å²) in [6, 6.07) is 7.49. The van der Waals surface area contributed by atoms with Crippen LogP contribution in [0.3, 0.4) is 0 Å². The van der Waals surface area contributed by atoms with Gasteiger partial charge in [-0.2, -0.15) is 5.10 Å². The van der Waals surface area contributed by atoms with E-state index in [1.807, 2.05) is 49.7 Å². The van der Waals surface area contributed by atoms with Gasteiger partial charge in [-0.25, -0.2) is 0 Å². The molecule has 0 aliphatic heterocycles. The first-order valence-corrected chi connectivity index (χ1v) is 6.35. The summed E-state index contributed by atoms with van der Waals surface area (Å²) in [5.41, 5.74) is 4.12. The van der Waals surface area contributed by atoms with Gasteiger partial charge in [-0.15, -0.1) is 0 Å². The third kappa shape index (κ3) is 2.79. The molecule has 2 aromatic rings. The molecule has 1 unspecified atom stereocenters. The van der Waals surface area contributed by atoms with Crippen molar-refractivity contribution in [2.24, 2.45) is 0 Å². The Bertz CT molecular complexity index is 576. The first-order chi connectivity index (χ1) is 9.02. The van der Waals surface area contributed by atoms with Gasteiger partial charge in [0.15, 0.2) is 0 Å². The van der Waals surface area contributed by atoms with Gasteiger partial charge in [-0.1, -0.05) is 12.1 Å². The van der Waals surface area contributed by atoms with Crippen molar-refractivity contribution in [1.29, 1.82) is 0 Å². The Morgan fingerprint density at radius 3 is 2.63 bits per heavy atom. The second-order valence-corrected chi connectivity index (χ2v) is 4.77. The van der Waals surface area contributed by atoms with Crippen LogP contribution < -0.4 is 4.74 Å². The van der Waals surface area contributed by atoms with Crippen LogP contribution in [-0.4, -0.2) is 22.0 Å². The Morgan fingerprint density at radius 1 is 1.32 bits per heavy atom. The Hall–Kier alpha value is -1.81. The zero-order chi connectivity index (χ0) is 14.0.